The Balaban J connectivity index is 1.75. The number of ether oxygens (including phenoxy) is 1. The zero-order valence-electron chi connectivity index (χ0n) is 27.2. The molecule has 0 bridgehead atoms. The standard InChI is InChI=1S/C40H48Br2O/c1-25(2)21-31-9-13-33(14-10-31)23-39(35-17-19-37(41)29(7)27(35)5)43-40(36-18-20-38(42)30(8)28(36)6)24-34-15-11-32(12-16-34)22-26(3)4/h9-20,25-26,39-40H,21-24H2,1-8H3. The molecule has 0 saturated carbocycles. The summed E-state index contributed by atoms with van der Waals surface area (Å²) in [5.41, 5.74) is 13.0. The van der Waals surface area contributed by atoms with Crippen LogP contribution in [0, 0.1) is 39.5 Å². The van der Waals surface area contributed by atoms with E-state index in [0.717, 1.165) is 34.6 Å². The SMILES string of the molecule is Cc1c(Br)ccc(C(Cc2ccc(CC(C)C)cc2)OC(Cc2ccc(CC(C)C)cc2)c2ccc(Br)c(C)c2C)c1C. The van der Waals surface area contributed by atoms with Crippen molar-refractivity contribution >= 4 is 31.9 Å². The Bertz CT molecular complexity index is 1380. The van der Waals surface area contributed by atoms with Gasteiger partial charge in [0, 0.05) is 21.8 Å². The fourth-order valence-corrected chi connectivity index (χ4v) is 6.83. The van der Waals surface area contributed by atoms with Crippen molar-refractivity contribution < 1.29 is 4.74 Å². The van der Waals surface area contributed by atoms with Gasteiger partial charge in [-0.25, -0.2) is 0 Å². The molecule has 0 aromatic heterocycles. The molecule has 0 aliphatic carbocycles. The first kappa shape index (κ1) is 33.7. The molecule has 0 heterocycles. The second kappa shape index (κ2) is 15.2. The van der Waals surface area contributed by atoms with Crippen molar-refractivity contribution in [3.63, 3.8) is 0 Å². The van der Waals surface area contributed by atoms with Gasteiger partial charge in [0.15, 0.2) is 0 Å². The lowest BCUT2D eigenvalue weighted by Gasteiger charge is -2.29. The molecule has 4 aromatic rings. The molecule has 4 rings (SSSR count). The summed E-state index contributed by atoms with van der Waals surface area (Å²) in [4.78, 5) is 0. The van der Waals surface area contributed by atoms with Crippen LogP contribution < -0.4 is 0 Å². The Morgan fingerprint density at radius 1 is 0.442 bits per heavy atom. The third-order valence-corrected chi connectivity index (χ3v) is 10.4. The second-order valence-electron chi connectivity index (χ2n) is 13.1. The minimum absolute atomic E-state index is 0.0867. The lowest BCUT2D eigenvalue weighted by atomic mass is 9.91. The highest BCUT2D eigenvalue weighted by molar-refractivity contribution is 9.10. The highest BCUT2D eigenvalue weighted by Gasteiger charge is 2.25. The van der Waals surface area contributed by atoms with Gasteiger partial charge in [0.2, 0.25) is 0 Å². The first-order valence-electron chi connectivity index (χ1n) is 15.7. The van der Waals surface area contributed by atoms with Crippen LogP contribution in [0.1, 0.15) is 95.5 Å². The van der Waals surface area contributed by atoms with Gasteiger partial charge in [-0.15, -0.1) is 0 Å². The van der Waals surface area contributed by atoms with E-state index in [4.69, 9.17) is 4.74 Å². The number of benzene rings is 4. The van der Waals surface area contributed by atoms with E-state index in [0.29, 0.717) is 11.8 Å². The van der Waals surface area contributed by atoms with Crippen LogP contribution in [0.2, 0.25) is 0 Å². The Hall–Kier alpha value is -2.20. The molecule has 228 valence electrons. The molecule has 0 N–H and O–H groups in total. The molecular weight excluding hydrogens is 656 g/mol. The lowest BCUT2D eigenvalue weighted by Crippen LogP contribution is -2.17. The predicted molar refractivity (Wildman–Crippen MR) is 191 cm³/mol. The van der Waals surface area contributed by atoms with E-state index in [9.17, 15) is 0 Å². The van der Waals surface area contributed by atoms with Crippen molar-refractivity contribution in [3.8, 4) is 0 Å². The van der Waals surface area contributed by atoms with E-state index in [-0.39, 0.29) is 12.2 Å². The maximum Gasteiger partial charge on any atom is 0.0876 e. The van der Waals surface area contributed by atoms with Gasteiger partial charge in [0.25, 0.3) is 0 Å². The van der Waals surface area contributed by atoms with E-state index in [1.807, 2.05) is 0 Å². The van der Waals surface area contributed by atoms with Gasteiger partial charge in [-0.2, -0.15) is 0 Å². The van der Waals surface area contributed by atoms with Crippen LogP contribution in [0.5, 0.6) is 0 Å². The summed E-state index contributed by atoms with van der Waals surface area (Å²) < 4.78 is 9.62. The monoisotopic (exact) mass is 702 g/mol. The average Bonchev–Trinajstić information content (AvgIpc) is 2.96. The summed E-state index contributed by atoms with van der Waals surface area (Å²) in [6.45, 7) is 18.0. The Labute approximate surface area is 277 Å². The van der Waals surface area contributed by atoms with E-state index in [2.05, 4.69) is 160 Å². The van der Waals surface area contributed by atoms with Crippen molar-refractivity contribution in [2.75, 3.05) is 0 Å². The number of rotatable bonds is 12. The van der Waals surface area contributed by atoms with Crippen LogP contribution in [-0.2, 0) is 30.4 Å². The minimum atomic E-state index is -0.0867. The largest absolute Gasteiger partial charge is 0.365 e. The van der Waals surface area contributed by atoms with Crippen LogP contribution >= 0.6 is 31.9 Å². The molecule has 0 aliphatic rings. The van der Waals surface area contributed by atoms with Gasteiger partial charge in [0.05, 0.1) is 12.2 Å². The lowest BCUT2D eigenvalue weighted by molar-refractivity contribution is -0.0155. The summed E-state index contributed by atoms with van der Waals surface area (Å²) in [6, 6.07) is 27.2. The molecule has 1 nitrogen and oxygen atoms in total. The van der Waals surface area contributed by atoms with Gasteiger partial charge >= 0.3 is 0 Å². The molecule has 0 saturated heterocycles. The van der Waals surface area contributed by atoms with Gasteiger partial charge in [-0.3, -0.25) is 0 Å². The third-order valence-electron chi connectivity index (χ3n) is 8.72. The van der Waals surface area contributed by atoms with Crippen LogP contribution in [-0.4, -0.2) is 0 Å². The number of hydrogen-bond acceptors (Lipinski definition) is 1. The van der Waals surface area contributed by atoms with E-state index >= 15 is 0 Å². The van der Waals surface area contributed by atoms with Crippen LogP contribution in [0.15, 0.2) is 81.7 Å². The first-order chi connectivity index (χ1) is 20.4. The normalized spacial score (nSPS) is 13.1. The molecule has 0 amide bonds. The summed E-state index contributed by atoms with van der Waals surface area (Å²) in [5.74, 6) is 1.29. The molecule has 0 spiro atoms. The molecule has 0 fully saturated rings. The smallest absolute Gasteiger partial charge is 0.0876 e. The highest BCUT2D eigenvalue weighted by Crippen LogP contribution is 2.38. The third kappa shape index (κ3) is 8.93. The molecular formula is C40H48Br2O. The average molecular weight is 705 g/mol. The maximum absolute atomic E-state index is 7.34. The van der Waals surface area contributed by atoms with Crippen LogP contribution in [0.25, 0.3) is 0 Å². The summed E-state index contributed by atoms with van der Waals surface area (Å²) in [5, 5.41) is 0. The Kier molecular flexibility index (Phi) is 11.9. The molecule has 2 unspecified atom stereocenters. The van der Waals surface area contributed by atoms with Crippen LogP contribution in [0.4, 0.5) is 0 Å². The van der Waals surface area contributed by atoms with Crippen molar-refractivity contribution in [2.45, 2.75) is 93.3 Å². The zero-order chi connectivity index (χ0) is 31.3. The van der Waals surface area contributed by atoms with E-state index < -0.39 is 0 Å². The van der Waals surface area contributed by atoms with Crippen molar-refractivity contribution in [2.24, 2.45) is 11.8 Å². The van der Waals surface area contributed by atoms with Gasteiger partial charge in [-0.1, -0.05) is 120 Å². The predicted octanol–water partition coefficient (Wildman–Crippen LogP) is 12.1. The fraction of sp³-hybridized carbons (Fsp3) is 0.400. The first-order valence-corrected chi connectivity index (χ1v) is 17.3. The molecule has 0 aliphatic heterocycles. The maximum atomic E-state index is 7.34. The number of halogens is 2. The molecule has 43 heavy (non-hydrogen) atoms. The van der Waals surface area contributed by atoms with E-state index in [1.165, 1.54) is 55.6 Å². The van der Waals surface area contributed by atoms with Crippen molar-refractivity contribution in [1.29, 1.82) is 0 Å². The Morgan fingerprint density at radius 2 is 0.744 bits per heavy atom. The minimum Gasteiger partial charge on any atom is -0.365 e. The van der Waals surface area contributed by atoms with Gasteiger partial charge < -0.3 is 4.74 Å². The second-order valence-corrected chi connectivity index (χ2v) is 14.8. The summed E-state index contributed by atoms with van der Waals surface area (Å²) in [7, 11) is 0. The molecule has 3 heteroatoms. The zero-order valence-corrected chi connectivity index (χ0v) is 30.4. The highest BCUT2D eigenvalue weighted by atomic mass is 79.9. The summed E-state index contributed by atoms with van der Waals surface area (Å²) in [6.07, 6.45) is 3.68. The van der Waals surface area contributed by atoms with Gasteiger partial charge in [0.1, 0.15) is 0 Å². The Morgan fingerprint density at radius 3 is 1.05 bits per heavy atom. The molecule has 0 radical (unpaired) electrons. The van der Waals surface area contributed by atoms with Crippen LogP contribution in [0.3, 0.4) is 0 Å². The van der Waals surface area contributed by atoms with Gasteiger partial charge in [-0.05, 0) is 120 Å². The fourth-order valence-electron chi connectivity index (χ4n) is 5.97. The summed E-state index contributed by atoms with van der Waals surface area (Å²) >= 11 is 7.51. The molecule has 4 aromatic carbocycles. The van der Waals surface area contributed by atoms with Crippen molar-refractivity contribution in [1.82, 2.24) is 0 Å². The quantitative estimate of drug-likeness (QED) is 0.143. The van der Waals surface area contributed by atoms with Crippen molar-refractivity contribution in [3.05, 3.63) is 137 Å². The molecule has 2 atom stereocenters. The van der Waals surface area contributed by atoms with E-state index in [1.54, 1.807) is 0 Å². The number of hydrogen-bond donors (Lipinski definition) is 0. The topological polar surface area (TPSA) is 9.23 Å².